The molecule has 2 heterocycles. The van der Waals surface area contributed by atoms with E-state index in [1.165, 1.54) is 67.9 Å². The molecule has 2 fully saturated rings. The van der Waals surface area contributed by atoms with E-state index in [4.69, 9.17) is 45.3 Å². The van der Waals surface area contributed by atoms with Crippen molar-refractivity contribution in [2.75, 3.05) is 66.0 Å². The normalized spacial score (nSPS) is 17.5. The maximum Gasteiger partial charge on any atom is 1.00 e. The molecule has 0 saturated heterocycles. The minimum absolute atomic E-state index is 0. The number of methoxy groups -OCH3 is 2. The van der Waals surface area contributed by atoms with Gasteiger partial charge in [-0.2, -0.15) is 0 Å². The van der Waals surface area contributed by atoms with Crippen molar-refractivity contribution in [3.8, 4) is 46.0 Å². The molecule has 0 spiro atoms. The number of alkyl halides is 1. The molecule has 17 nitrogen and oxygen atoms in total. The number of carbonyl (C=O) groups is 5. The second kappa shape index (κ2) is 41.1. The number of ketones is 4. The first-order valence-electron chi connectivity index (χ1n) is 32.1. The van der Waals surface area contributed by atoms with Crippen LogP contribution < -0.4 is 132 Å². The Bertz CT molecular complexity index is 4040. The molecular formula is C75H84Cl2F4K2N4O13. The van der Waals surface area contributed by atoms with Gasteiger partial charge in [0.2, 0.25) is 0 Å². The van der Waals surface area contributed by atoms with Crippen LogP contribution in [0.15, 0.2) is 134 Å². The van der Waals surface area contributed by atoms with Crippen LogP contribution in [0.2, 0.25) is 0 Å². The zero-order valence-electron chi connectivity index (χ0n) is 59.5. The van der Waals surface area contributed by atoms with Crippen LogP contribution in [0.4, 0.5) is 17.6 Å². The summed E-state index contributed by atoms with van der Waals surface area (Å²) in [6.07, 6.45) is 2.94. The van der Waals surface area contributed by atoms with Crippen LogP contribution in [-0.2, 0) is 54.5 Å². The van der Waals surface area contributed by atoms with Gasteiger partial charge in [0.15, 0.2) is 69.3 Å². The number of hydrogen-bond acceptors (Lipinski definition) is 17. The van der Waals surface area contributed by atoms with Gasteiger partial charge in [-0.3, -0.25) is 33.9 Å². The molecule has 2 aliphatic rings. The first kappa shape index (κ1) is 86.9. The van der Waals surface area contributed by atoms with Gasteiger partial charge in [0.05, 0.1) is 36.1 Å². The summed E-state index contributed by atoms with van der Waals surface area (Å²) in [5.41, 5.74) is 0.934. The topological polar surface area (TPSA) is 216 Å². The SMILES string of the molecule is CCN(CC)CCCl.CCN(CC)CCOc1cc2nccc(Oc3ccc(CC(=O)C4(C(=O)Cc5ccc(F)cc5)[C@H](C)[C@@H]4C)cc3F)c2cc1OC.COc1cc2c(Oc3ccc(CC(=O)C4(C(=O)Cc5ccc(F)cc5)[C@H](C)[C@@H]4C)cc3F)ccnc2cc1O.Cl.O=CO[O-].[H-].[K+].[K+]. The third kappa shape index (κ3) is 21.4. The van der Waals surface area contributed by atoms with Crippen LogP contribution >= 0.6 is 24.0 Å². The average Bonchev–Trinajstić information content (AvgIpc) is 1.55. The Morgan fingerprint density at radius 3 is 1.23 bits per heavy atom. The molecule has 1 N–H and O–H groups in total. The summed E-state index contributed by atoms with van der Waals surface area (Å²) in [4.78, 5) is 78.2. The van der Waals surface area contributed by atoms with Crippen molar-refractivity contribution in [3.63, 3.8) is 0 Å². The number of halogens is 6. The monoisotopic (exact) mass is 1470 g/mol. The van der Waals surface area contributed by atoms with Crippen molar-refractivity contribution >= 4 is 75.4 Å². The summed E-state index contributed by atoms with van der Waals surface area (Å²) in [6.45, 7) is 22.2. The molecule has 8 aromatic rings. The number of carbonyl (C=O) groups excluding carboxylic acids is 5. The van der Waals surface area contributed by atoms with Crippen molar-refractivity contribution in [1.82, 2.24) is 19.8 Å². The molecule has 0 aliphatic heterocycles. The minimum atomic E-state index is -1.14. The van der Waals surface area contributed by atoms with E-state index < -0.39 is 28.3 Å². The third-order valence-electron chi connectivity index (χ3n) is 18.6. The van der Waals surface area contributed by atoms with E-state index in [1.54, 1.807) is 80.0 Å². The second-order valence-electron chi connectivity index (χ2n) is 23.7. The first-order valence-corrected chi connectivity index (χ1v) is 32.6. The van der Waals surface area contributed by atoms with Crippen LogP contribution in [0.3, 0.4) is 0 Å². The Kier molecular flexibility index (Phi) is 35.8. The fourth-order valence-electron chi connectivity index (χ4n) is 12.5. The molecule has 0 radical (unpaired) electrons. The van der Waals surface area contributed by atoms with Crippen LogP contribution in [0.1, 0.15) is 79.1 Å². The van der Waals surface area contributed by atoms with E-state index in [0.29, 0.717) is 73.7 Å². The van der Waals surface area contributed by atoms with Gasteiger partial charge in [-0.15, -0.1) is 24.0 Å². The first-order chi connectivity index (χ1) is 46.5. The summed E-state index contributed by atoms with van der Waals surface area (Å²) in [5, 5.41) is 19.6. The number of Topliss-reactive ketones (excluding diaryl/α,β-unsaturated/α-hetero) is 4. The van der Waals surface area contributed by atoms with Gasteiger partial charge in [0, 0.05) is 80.0 Å². The number of rotatable bonds is 29. The fraction of sp³-hybridized carbons (Fsp3) is 0.373. The Balaban J connectivity index is 0.000000440. The van der Waals surface area contributed by atoms with E-state index in [2.05, 4.69) is 52.4 Å². The van der Waals surface area contributed by atoms with Gasteiger partial charge in [0.25, 0.3) is 6.47 Å². The Morgan fingerprint density at radius 1 is 0.530 bits per heavy atom. The molecule has 25 heteroatoms. The number of likely N-dealkylation sites (N-methyl/N-ethyl adjacent to an activating group) is 1. The summed E-state index contributed by atoms with van der Waals surface area (Å²) in [7, 11) is 2.97. The number of phenolic OH excluding ortho intramolecular Hbond substituents is 1. The van der Waals surface area contributed by atoms with Gasteiger partial charge >= 0.3 is 103 Å². The molecule has 100 heavy (non-hydrogen) atoms. The Labute approximate surface area is 679 Å². The number of ether oxygens (including phenoxy) is 5. The number of hydrogen-bond donors (Lipinski definition) is 1. The predicted octanol–water partition coefficient (Wildman–Crippen LogP) is 7.99. The van der Waals surface area contributed by atoms with E-state index in [9.17, 15) is 33.1 Å². The van der Waals surface area contributed by atoms with Gasteiger partial charge < -0.3 is 50.2 Å². The molecule has 2 unspecified atom stereocenters. The summed E-state index contributed by atoms with van der Waals surface area (Å²) in [5.74, 6) is -0.939. The number of fused-ring (bicyclic) bond motifs is 2. The van der Waals surface area contributed by atoms with Gasteiger partial charge in [-0.1, -0.05) is 91.8 Å². The van der Waals surface area contributed by atoms with E-state index >= 15 is 8.78 Å². The van der Waals surface area contributed by atoms with Crippen molar-refractivity contribution in [2.24, 2.45) is 34.5 Å². The van der Waals surface area contributed by atoms with Crippen molar-refractivity contribution in [3.05, 3.63) is 179 Å². The van der Waals surface area contributed by atoms with Crippen LogP contribution in [0.25, 0.3) is 21.8 Å². The smallest absolute Gasteiger partial charge is 1.00 e. The molecule has 6 aromatic carbocycles. The molecule has 0 bridgehead atoms. The second-order valence-corrected chi connectivity index (χ2v) is 24.1. The maximum absolute atomic E-state index is 15.4. The molecule has 2 saturated carbocycles. The van der Waals surface area contributed by atoms with Crippen LogP contribution in [0.5, 0.6) is 46.0 Å². The average molecular weight is 1470 g/mol. The van der Waals surface area contributed by atoms with Crippen molar-refractivity contribution in [1.29, 1.82) is 0 Å². The van der Waals surface area contributed by atoms with Gasteiger partial charge in [0.1, 0.15) is 29.7 Å². The largest absolute Gasteiger partial charge is 1.00 e. The minimum Gasteiger partial charge on any atom is -1.00 e. The van der Waals surface area contributed by atoms with E-state index in [1.807, 2.05) is 27.7 Å². The number of nitrogens with zero attached hydrogens (tertiary/aromatic N) is 4. The Hall–Kier alpha value is -5.46. The summed E-state index contributed by atoms with van der Waals surface area (Å²) >= 11 is 5.51. The number of phenols is 1. The number of aromatic hydroxyl groups is 1. The fourth-order valence-corrected chi connectivity index (χ4v) is 12.7. The van der Waals surface area contributed by atoms with E-state index in [-0.39, 0.29) is 224 Å². The predicted molar refractivity (Wildman–Crippen MR) is 368 cm³/mol. The quantitative estimate of drug-likeness (QED) is 0.00894. The van der Waals surface area contributed by atoms with Gasteiger partial charge in [-0.25, -0.2) is 17.6 Å². The standard InChI is InChI=1S/C37H40F2N2O5.C31H27F2NO5.C6H14ClN.CH2O3.ClH.2K.H/c1-6-41(7-2)16-17-45-34-22-30-28(21-33(34)44-5)31(14-15-40-30)46-32-13-10-26(18-29(32)39)20-36(43)37(23(3)24(37)4)35(42)19-25-8-11-27(38)12-9-25;1-17-18(2)31(17,29(36)13-19-4-7-21(32)8-5-19)30(37)14-20-6-9-27(23(33)12-20)39-26-10-11-34-24-16-25(35)28(38-3)15-22(24)26;1-3-8(4-2)6-5-7;2-1-4-3;;;;/h8-15,18,21-24H,6-7,16-17,19-20H2,1-5H3;4-12,15-18,35H,13-14H2,1-3H3;3-6H2,1-2H3;1,3H;1H;;;/q;;;;;2*+1;-1/p-1/t23-,24+,37?;17-,18+,31?;;;;;;. The van der Waals surface area contributed by atoms with Gasteiger partial charge in [-0.05, 0) is 145 Å². The summed E-state index contributed by atoms with van der Waals surface area (Å²) in [6, 6.07) is 29.8. The molecule has 2 aromatic heterocycles. The van der Waals surface area contributed by atoms with Crippen molar-refractivity contribution in [2.45, 2.75) is 81.1 Å². The number of pyridine rings is 2. The van der Waals surface area contributed by atoms with Crippen LogP contribution in [-0.4, -0.2) is 120 Å². The third-order valence-corrected chi connectivity index (χ3v) is 18.8. The molecule has 10 rings (SSSR count). The molecular weight excluding hydrogens is 1390 g/mol. The molecule has 2 aliphatic carbocycles. The summed E-state index contributed by atoms with van der Waals surface area (Å²) < 4.78 is 85.7. The molecule has 0 amide bonds. The zero-order valence-corrected chi connectivity index (χ0v) is 66.3. The Morgan fingerprint density at radius 2 is 0.890 bits per heavy atom. The molecule has 6 atom stereocenters. The van der Waals surface area contributed by atoms with Crippen LogP contribution in [0, 0.1) is 57.8 Å². The maximum atomic E-state index is 15.4. The van der Waals surface area contributed by atoms with E-state index in [0.717, 1.165) is 45.1 Å². The molecule has 526 valence electrons. The number of aromatic nitrogens is 2. The number of benzene rings is 6. The van der Waals surface area contributed by atoms with Crippen molar-refractivity contribution < 1.29 is 185 Å². The zero-order chi connectivity index (χ0) is 70.7.